The zero-order valence-electron chi connectivity index (χ0n) is 20.1. The van der Waals surface area contributed by atoms with E-state index in [2.05, 4.69) is 28.9 Å². The molecule has 2 aliphatic heterocycles. The summed E-state index contributed by atoms with van der Waals surface area (Å²) in [5.74, 6) is -0.174. The molecule has 1 saturated heterocycles. The number of aliphatic imine (C=N–C) groups is 1. The SMILES string of the molecule is C=NNN(C(=O)OC(C)(C)C)C1=N[C@]2(C)C(=C)/C(=C\C=C(/C)[N+](=O)[O-])OCCC2S(=O)(=O)N1C. The van der Waals surface area contributed by atoms with Crippen LogP contribution >= 0.6 is 0 Å². The number of allylic oxidation sites excluding steroid dienone is 3. The highest BCUT2D eigenvalue weighted by atomic mass is 32.2. The van der Waals surface area contributed by atoms with Crippen LogP contribution in [0, 0.1) is 10.1 Å². The molecule has 13 nitrogen and oxygen atoms in total. The smallest absolute Gasteiger partial charge is 0.437 e. The van der Waals surface area contributed by atoms with Crippen LogP contribution in [-0.4, -0.2) is 71.5 Å². The first-order valence-corrected chi connectivity index (χ1v) is 11.7. The zero-order valence-corrected chi connectivity index (χ0v) is 20.9. The van der Waals surface area contributed by atoms with Crippen LogP contribution < -0.4 is 5.53 Å². The van der Waals surface area contributed by atoms with E-state index in [1.807, 2.05) is 0 Å². The molecule has 188 valence electrons. The molecular weight excluding hydrogens is 468 g/mol. The Kier molecular flexibility index (Phi) is 7.45. The standard InChI is InChI=1S/C20H30N6O7S/c1-13(26(28)29)9-10-15-14(2)20(6)16(11-12-32-15)34(30,31)24(8)17(22-20)25(23-21-7)18(27)33-19(3,4)5/h9-10,16,23H,2,7,11-12H2,1,3-6,8H3/b13-9+,15-10+/t16?,20-/m1/s1. The molecule has 1 amide bonds. The molecule has 0 aliphatic carbocycles. The number of fused-ring (bicyclic) bond motifs is 1. The molecule has 14 heteroatoms. The van der Waals surface area contributed by atoms with Crippen molar-refractivity contribution in [1.82, 2.24) is 14.8 Å². The molecule has 0 bridgehead atoms. The van der Waals surface area contributed by atoms with E-state index in [4.69, 9.17) is 9.47 Å². The highest BCUT2D eigenvalue weighted by Gasteiger charge is 2.54. The third-order valence-corrected chi connectivity index (χ3v) is 7.58. The van der Waals surface area contributed by atoms with Gasteiger partial charge in [0, 0.05) is 38.8 Å². The van der Waals surface area contributed by atoms with E-state index in [0.29, 0.717) is 0 Å². The minimum Gasteiger partial charge on any atom is -0.493 e. The quantitative estimate of drug-likeness (QED) is 0.351. The van der Waals surface area contributed by atoms with Gasteiger partial charge in [-0.1, -0.05) is 6.58 Å². The highest BCUT2D eigenvalue weighted by molar-refractivity contribution is 7.90. The van der Waals surface area contributed by atoms with Gasteiger partial charge in [-0.25, -0.2) is 28.0 Å². The van der Waals surface area contributed by atoms with Crippen molar-refractivity contribution in [3.8, 4) is 0 Å². The van der Waals surface area contributed by atoms with Crippen molar-refractivity contribution >= 4 is 28.8 Å². The largest absolute Gasteiger partial charge is 0.493 e. The summed E-state index contributed by atoms with van der Waals surface area (Å²) in [6.07, 6.45) is 1.68. The molecule has 34 heavy (non-hydrogen) atoms. The summed E-state index contributed by atoms with van der Waals surface area (Å²) in [5.41, 5.74) is -0.0252. The second-order valence-electron chi connectivity index (χ2n) is 8.85. The van der Waals surface area contributed by atoms with Gasteiger partial charge in [-0.2, -0.15) is 5.10 Å². The maximum absolute atomic E-state index is 13.5. The Labute approximate surface area is 198 Å². The molecule has 1 fully saturated rings. The Hall–Kier alpha value is -3.42. The number of rotatable bonds is 4. The fraction of sp³-hybridized carbons (Fsp3) is 0.550. The molecule has 0 saturated carbocycles. The number of hydrazine groups is 1. The van der Waals surface area contributed by atoms with Crippen LogP contribution in [-0.2, 0) is 19.5 Å². The summed E-state index contributed by atoms with van der Waals surface area (Å²) in [6, 6.07) is 0. The fourth-order valence-corrected chi connectivity index (χ4v) is 5.29. The lowest BCUT2D eigenvalue weighted by atomic mass is 9.87. The van der Waals surface area contributed by atoms with Crippen LogP contribution in [0.2, 0.25) is 0 Å². The summed E-state index contributed by atoms with van der Waals surface area (Å²) >= 11 is 0. The topological polar surface area (TPSA) is 156 Å². The lowest BCUT2D eigenvalue weighted by Gasteiger charge is -2.43. The monoisotopic (exact) mass is 498 g/mol. The second kappa shape index (κ2) is 9.44. The van der Waals surface area contributed by atoms with Crippen molar-refractivity contribution < 1.29 is 27.6 Å². The van der Waals surface area contributed by atoms with Crippen molar-refractivity contribution in [2.75, 3.05) is 13.7 Å². The Morgan fingerprint density at radius 3 is 2.65 bits per heavy atom. The van der Waals surface area contributed by atoms with E-state index < -0.39 is 37.4 Å². The minimum atomic E-state index is -4.08. The first kappa shape index (κ1) is 26.8. The maximum Gasteiger partial charge on any atom is 0.437 e. The number of hydrogen-bond acceptors (Lipinski definition) is 10. The predicted octanol–water partition coefficient (Wildman–Crippen LogP) is 2.14. The average molecular weight is 499 g/mol. The van der Waals surface area contributed by atoms with Gasteiger partial charge in [-0.15, -0.1) is 5.01 Å². The van der Waals surface area contributed by atoms with Gasteiger partial charge >= 0.3 is 6.09 Å². The lowest BCUT2D eigenvalue weighted by molar-refractivity contribution is -0.424. The number of ether oxygens (including phenoxy) is 2. The van der Waals surface area contributed by atoms with Crippen LogP contribution in [0.4, 0.5) is 4.79 Å². The molecule has 0 radical (unpaired) electrons. The summed E-state index contributed by atoms with van der Waals surface area (Å²) in [4.78, 5) is 27.8. The molecule has 0 spiro atoms. The van der Waals surface area contributed by atoms with E-state index in [1.54, 1.807) is 27.7 Å². The molecule has 2 aliphatic rings. The number of hydrazone groups is 1. The Balaban J connectivity index is 2.68. The van der Waals surface area contributed by atoms with Gasteiger partial charge in [0.2, 0.25) is 21.7 Å². The molecule has 0 aromatic heterocycles. The third kappa shape index (κ3) is 5.21. The molecule has 2 heterocycles. The van der Waals surface area contributed by atoms with Crippen molar-refractivity contribution in [3.63, 3.8) is 0 Å². The number of carbonyl (C=O) groups excluding carboxylic acids is 1. The van der Waals surface area contributed by atoms with E-state index in [9.17, 15) is 23.3 Å². The first-order valence-electron chi connectivity index (χ1n) is 10.2. The van der Waals surface area contributed by atoms with Crippen LogP contribution in [0.25, 0.3) is 0 Å². The van der Waals surface area contributed by atoms with E-state index in [1.165, 1.54) is 26.1 Å². The number of nitrogens with zero attached hydrogens (tertiary/aromatic N) is 5. The molecule has 0 aromatic rings. The van der Waals surface area contributed by atoms with Crippen molar-refractivity contribution in [1.29, 1.82) is 0 Å². The van der Waals surface area contributed by atoms with Gasteiger partial charge in [0.15, 0.2) is 0 Å². The molecular formula is C20H30N6O7S. The van der Waals surface area contributed by atoms with E-state index in [0.717, 1.165) is 9.31 Å². The third-order valence-electron chi connectivity index (χ3n) is 5.24. The average Bonchev–Trinajstić information content (AvgIpc) is 2.83. The normalized spacial score (nSPS) is 25.9. The maximum atomic E-state index is 13.5. The number of amides is 1. The molecule has 1 N–H and O–H groups in total. The Morgan fingerprint density at radius 2 is 2.12 bits per heavy atom. The van der Waals surface area contributed by atoms with Gasteiger partial charge in [0.05, 0.1) is 11.5 Å². The summed E-state index contributed by atoms with van der Waals surface area (Å²) in [7, 11) is -2.82. The van der Waals surface area contributed by atoms with Crippen molar-refractivity contribution in [3.05, 3.63) is 45.9 Å². The second-order valence-corrected chi connectivity index (χ2v) is 11.0. The number of sulfonamides is 1. The zero-order chi connectivity index (χ0) is 26.1. The van der Waals surface area contributed by atoms with Crippen LogP contribution in [0.15, 0.2) is 45.9 Å². The number of carbonyl (C=O) groups is 1. The van der Waals surface area contributed by atoms with Gasteiger partial charge in [-0.05, 0) is 33.8 Å². The summed E-state index contributed by atoms with van der Waals surface area (Å²) in [5, 5.41) is 14.1. The van der Waals surface area contributed by atoms with Crippen LogP contribution in [0.1, 0.15) is 41.0 Å². The van der Waals surface area contributed by atoms with Gasteiger partial charge in [0.25, 0.3) is 0 Å². The molecule has 2 rings (SSSR count). The minimum absolute atomic E-state index is 0.0105. The van der Waals surface area contributed by atoms with Crippen molar-refractivity contribution in [2.45, 2.75) is 57.4 Å². The van der Waals surface area contributed by atoms with E-state index in [-0.39, 0.29) is 36.0 Å². The first-order chi connectivity index (χ1) is 15.6. The molecule has 0 aromatic carbocycles. The Morgan fingerprint density at radius 1 is 1.50 bits per heavy atom. The van der Waals surface area contributed by atoms with Gasteiger partial charge in [-0.3, -0.25) is 10.1 Å². The lowest BCUT2D eigenvalue weighted by Crippen LogP contribution is -2.62. The van der Waals surface area contributed by atoms with Gasteiger partial charge < -0.3 is 9.47 Å². The predicted molar refractivity (Wildman–Crippen MR) is 126 cm³/mol. The highest BCUT2D eigenvalue weighted by Crippen LogP contribution is 2.42. The van der Waals surface area contributed by atoms with Gasteiger partial charge in [0.1, 0.15) is 22.1 Å². The number of guanidine groups is 1. The van der Waals surface area contributed by atoms with Crippen LogP contribution in [0.5, 0.6) is 0 Å². The molecule has 2 atom stereocenters. The number of nitro groups is 1. The number of nitrogens with one attached hydrogen (secondary N) is 1. The van der Waals surface area contributed by atoms with Crippen molar-refractivity contribution in [2.24, 2.45) is 10.1 Å². The molecule has 1 unspecified atom stereocenters. The summed E-state index contributed by atoms with van der Waals surface area (Å²) in [6.45, 7) is 15.1. The van der Waals surface area contributed by atoms with Crippen LogP contribution in [0.3, 0.4) is 0 Å². The fourth-order valence-electron chi connectivity index (χ4n) is 3.39. The Bertz CT molecular complexity index is 1090. The van der Waals surface area contributed by atoms with E-state index >= 15 is 0 Å². The summed E-state index contributed by atoms with van der Waals surface area (Å²) < 4.78 is 38.9. The number of hydrogen-bond donors (Lipinski definition) is 1.